The van der Waals surface area contributed by atoms with E-state index in [1.807, 2.05) is 14.0 Å². The minimum absolute atomic E-state index is 0.135. The molecule has 1 aliphatic rings. The molecule has 0 saturated carbocycles. The number of likely N-dealkylation sites (N-methyl/N-ethyl adjacent to an activating group) is 2. The fraction of sp³-hybridized carbons (Fsp3) is 0.900. The fourth-order valence-electron chi connectivity index (χ4n) is 1.67. The maximum absolute atomic E-state index is 5.68. The van der Waals surface area contributed by atoms with Crippen LogP contribution in [0.2, 0.25) is 0 Å². The molecule has 1 aliphatic heterocycles. The summed E-state index contributed by atoms with van der Waals surface area (Å²) in [5.74, 6) is 0. The highest BCUT2D eigenvalue weighted by molar-refractivity contribution is 7.80. The number of ether oxygens (including phenoxy) is 1. The summed E-state index contributed by atoms with van der Waals surface area (Å²) in [5.41, 5.74) is 5.61. The van der Waals surface area contributed by atoms with Crippen molar-refractivity contribution in [1.82, 2.24) is 9.80 Å². The number of hydrogen-bond acceptors (Lipinski definition) is 4. The van der Waals surface area contributed by atoms with Crippen LogP contribution in [0.4, 0.5) is 0 Å². The Kier molecular flexibility index (Phi) is 4.92. The van der Waals surface area contributed by atoms with E-state index < -0.39 is 0 Å². The van der Waals surface area contributed by atoms with E-state index in [2.05, 4.69) is 16.8 Å². The van der Waals surface area contributed by atoms with Crippen molar-refractivity contribution in [3.05, 3.63) is 0 Å². The normalized spacial score (nSPS) is 25.5. The van der Waals surface area contributed by atoms with E-state index in [1.165, 1.54) is 0 Å². The molecule has 1 fully saturated rings. The largest absolute Gasteiger partial charge is 0.392 e. The van der Waals surface area contributed by atoms with Crippen LogP contribution in [0.15, 0.2) is 0 Å². The van der Waals surface area contributed by atoms with Crippen molar-refractivity contribution in [1.29, 1.82) is 0 Å². The van der Waals surface area contributed by atoms with Crippen LogP contribution in [0.25, 0.3) is 0 Å². The molecule has 5 heteroatoms. The number of rotatable bonds is 4. The lowest BCUT2D eigenvalue weighted by molar-refractivity contribution is -0.0338. The van der Waals surface area contributed by atoms with Gasteiger partial charge in [-0.1, -0.05) is 12.2 Å². The zero-order valence-corrected chi connectivity index (χ0v) is 10.6. The quantitative estimate of drug-likeness (QED) is 0.686. The van der Waals surface area contributed by atoms with Crippen LogP contribution in [0.1, 0.15) is 6.92 Å². The van der Waals surface area contributed by atoms with Crippen LogP contribution in [0, 0.1) is 0 Å². The minimum atomic E-state index is 0.135. The monoisotopic (exact) mass is 231 g/mol. The van der Waals surface area contributed by atoms with Gasteiger partial charge in [-0.3, -0.25) is 4.90 Å². The third-order valence-corrected chi connectivity index (χ3v) is 3.25. The van der Waals surface area contributed by atoms with Crippen molar-refractivity contribution < 1.29 is 4.74 Å². The van der Waals surface area contributed by atoms with Gasteiger partial charge in [0.15, 0.2) is 0 Å². The van der Waals surface area contributed by atoms with Crippen molar-refractivity contribution in [3.8, 4) is 0 Å². The molecule has 1 saturated heterocycles. The van der Waals surface area contributed by atoms with E-state index in [-0.39, 0.29) is 12.1 Å². The van der Waals surface area contributed by atoms with E-state index in [4.69, 9.17) is 22.7 Å². The van der Waals surface area contributed by atoms with Crippen molar-refractivity contribution in [2.45, 2.75) is 19.1 Å². The third-order valence-electron chi connectivity index (χ3n) is 2.91. The van der Waals surface area contributed by atoms with E-state index >= 15 is 0 Å². The fourth-order valence-corrected chi connectivity index (χ4v) is 1.85. The molecule has 0 aliphatic carbocycles. The summed E-state index contributed by atoms with van der Waals surface area (Å²) in [7, 11) is 4.15. The van der Waals surface area contributed by atoms with Gasteiger partial charge in [-0.2, -0.15) is 0 Å². The SMILES string of the molecule is CC(C(N)=S)N(C)CC1CN(C)CCO1. The lowest BCUT2D eigenvalue weighted by Gasteiger charge is -2.34. The van der Waals surface area contributed by atoms with Crippen LogP contribution >= 0.6 is 12.2 Å². The minimum Gasteiger partial charge on any atom is -0.392 e. The molecule has 0 radical (unpaired) electrons. The Morgan fingerprint density at radius 2 is 2.40 bits per heavy atom. The smallest absolute Gasteiger partial charge is 0.0899 e. The van der Waals surface area contributed by atoms with E-state index in [0.717, 1.165) is 26.2 Å². The standard InChI is InChI=1S/C10H21N3OS/c1-8(10(11)15)13(3)7-9-6-12(2)4-5-14-9/h8-9H,4-7H2,1-3H3,(H2,11,15). The summed E-state index contributed by atoms with van der Waals surface area (Å²) in [6, 6.07) is 0.135. The van der Waals surface area contributed by atoms with E-state index in [1.54, 1.807) is 0 Å². The van der Waals surface area contributed by atoms with E-state index in [9.17, 15) is 0 Å². The summed E-state index contributed by atoms with van der Waals surface area (Å²) < 4.78 is 5.68. The van der Waals surface area contributed by atoms with Crippen molar-refractivity contribution in [2.24, 2.45) is 5.73 Å². The molecule has 0 aromatic heterocycles. The van der Waals surface area contributed by atoms with Gasteiger partial charge < -0.3 is 15.4 Å². The van der Waals surface area contributed by atoms with Gasteiger partial charge in [-0.15, -0.1) is 0 Å². The van der Waals surface area contributed by atoms with Gasteiger partial charge >= 0.3 is 0 Å². The number of nitrogens with two attached hydrogens (primary N) is 1. The highest BCUT2D eigenvalue weighted by Crippen LogP contribution is 2.06. The topological polar surface area (TPSA) is 41.7 Å². The average molecular weight is 231 g/mol. The molecule has 0 amide bonds. The summed E-state index contributed by atoms with van der Waals surface area (Å²) in [6.07, 6.45) is 0.269. The first kappa shape index (κ1) is 12.8. The molecule has 1 rings (SSSR count). The summed E-state index contributed by atoms with van der Waals surface area (Å²) in [6.45, 7) is 5.72. The maximum Gasteiger partial charge on any atom is 0.0899 e. The highest BCUT2D eigenvalue weighted by atomic mass is 32.1. The summed E-state index contributed by atoms with van der Waals surface area (Å²) in [4.78, 5) is 4.97. The highest BCUT2D eigenvalue weighted by Gasteiger charge is 2.21. The number of thiocarbonyl (C=S) groups is 1. The van der Waals surface area contributed by atoms with Crippen molar-refractivity contribution in [3.63, 3.8) is 0 Å². The molecule has 88 valence electrons. The van der Waals surface area contributed by atoms with Gasteiger partial charge in [0.2, 0.25) is 0 Å². The predicted octanol–water partition coefficient (Wildman–Crippen LogP) is -0.0766. The Bertz CT molecular complexity index is 225. The number of hydrogen-bond donors (Lipinski definition) is 1. The second-order valence-corrected chi connectivity index (χ2v) is 4.74. The summed E-state index contributed by atoms with van der Waals surface area (Å²) >= 11 is 4.97. The lowest BCUT2D eigenvalue weighted by Crippen LogP contribution is -2.49. The molecule has 2 N–H and O–H groups in total. The first-order valence-electron chi connectivity index (χ1n) is 5.30. The van der Waals surface area contributed by atoms with Gasteiger partial charge in [0, 0.05) is 19.6 Å². The molecule has 2 unspecified atom stereocenters. The molecular formula is C10H21N3OS. The molecule has 0 aromatic carbocycles. The molecule has 1 heterocycles. The Labute approximate surface area is 97.3 Å². The van der Waals surface area contributed by atoms with Crippen molar-refractivity contribution in [2.75, 3.05) is 40.3 Å². The average Bonchev–Trinajstić information content (AvgIpc) is 2.16. The number of morpholine rings is 1. The first-order chi connectivity index (χ1) is 7.00. The van der Waals surface area contributed by atoms with Crippen LogP contribution in [0.3, 0.4) is 0 Å². The lowest BCUT2D eigenvalue weighted by atomic mass is 10.2. The summed E-state index contributed by atoms with van der Waals surface area (Å²) in [5, 5.41) is 0. The Morgan fingerprint density at radius 1 is 1.73 bits per heavy atom. The Morgan fingerprint density at radius 3 is 2.93 bits per heavy atom. The number of nitrogens with zero attached hydrogens (tertiary/aromatic N) is 2. The van der Waals surface area contributed by atoms with Gasteiger partial charge in [0.05, 0.1) is 23.7 Å². The molecule has 0 aromatic rings. The van der Waals surface area contributed by atoms with Crippen LogP contribution in [0.5, 0.6) is 0 Å². The molecule has 0 bridgehead atoms. The zero-order valence-electron chi connectivity index (χ0n) is 9.77. The molecule has 4 nitrogen and oxygen atoms in total. The second-order valence-electron chi connectivity index (χ2n) is 4.27. The molecule has 15 heavy (non-hydrogen) atoms. The Balaban J connectivity index is 2.36. The Hall–Kier alpha value is -0.230. The molecule has 0 spiro atoms. The third kappa shape index (κ3) is 4.03. The van der Waals surface area contributed by atoms with Crippen LogP contribution < -0.4 is 5.73 Å². The van der Waals surface area contributed by atoms with Gasteiger partial charge in [0.1, 0.15) is 0 Å². The van der Waals surface area contributed by atoms with Crippen molar-refractivity contribution >= 4 is 17.2 Å². The second kappa shape index (κ2) is 5.75. The van der Waals surface area contributed by atoms with Crippen LogP contribution in [-0.2, 0) is 4.74 Å². The van der Waals surface area contributed by atoms with Gasteiger partial charge in [0.25, 0.3) is 0 Å². The van der Waals surface area contributed by atoms with Gasteiger partial charge in [-0.05, 0) is 21.0 Å². The van der Waals surface area contributed by atoms with E-state index in [0.29, 0.717) is 4.99 Å². The first-order valence-corrected chi connectivity index (χ1v) is 5.71. The predicted molar refractivity (Wildman–Crippen MR) is 66.1 cm³/mol. The zero-order chi connectivity index (χ0) is 11.4. The van der Waals surface area contributed by atoms with Gasteiger partial charge in [-0.25, -0.2) is 0 Å². The van der Waals surface area contributed by atoms with Crippen LogP contribution in [-0.4, -0.2) is 67.3 Å². The molecular weight excluding hydrogens is 210 g/mol. The molecule has 2 atom stereocenters. The maximum atomic E-state index is 5.68.